The van der Waals surface area contributed by atoms with E-state index in [1.54, 1.807) is 12.1 Å². The van der Waals surface area contributed by atoms with Gasteiger partial charge in [-0.2, -0.15) is 0 Å². The van der Waals surface area contributed by atoms with E-state index in [0.29, 0.717) is 5.00 Å². The number of anilines is 3. The monoisotopic (exact) mass is 711 g/mol. The molecule has 250 valence electrons. The molecule has 5 nitrogen and oxygen atoms in total. The fourth-order valence-electron chi connectivity index (χ4n) is 7.01. The van der Waals surface area contributed by atoms with E-state index < -0.39 is 5.78 Å². The number of fused-ring (bicyclic) bond motifs is 2. The Morgan fingerprint density at radius 1 is 0.558 bits per heavy atom. The van der Waals surface area contributed by atoms with Crippen molar-refractivity contribution < 1.29 is 20.1 Å². The molecule has 1 aliphatic carbocycles. The molecule has 1 aliphatic rings. The lowest BCUT2D eigenvalue weighted by molar-refractivity contribution is -0.109. The van der Waals surface area contributed by atoms with E-state index in [4.69, 9.17) is 0 Å². The van der Waals surface area contributed by atoms with Gasteiger partial charge in [0, 0.05) is 27.2 Å². The molecule has 52 heavy (non-hydrogen) atoms. The number of hydrogen-bond acceptors (Lipinski definition) is 7. The third-order valence-electron chi connectivity index (χ3n) is 9.40. The fourth-order valence-corrected chi connectivity index (χ4v) is 9.31. The van der Waals surface area contributed by atoms with Gasteiger partial charge in [-0.25, -0.2) is 0 Å². The molecule has 2 aromatic heterocycles. The van der Waals surface area contributed by atoms with Crippen molar-refractivity contribution >= 4 is 83.1 Å². The van der Waals surface area contributed by atoms with E-state index in [9.17, 15) is 20.1 Å². The molecule has 0 aliphatic heterocycles. The summed E-state index contributed by atoms with van der Waals surface area (Å²) in [6.45, 7) is 0. The van der Waals surface area contributed by atoms with Crippen LogP contribution in [0.25, 0.3) is 38.3 Å². The van der Waals surface area contributed by atoms with Gasteiger partial charge in [0.15, 0.2) is 0 Å². The van der Waals surface area contributed by atoms with Crippen molar-refractivity contribution in [2.45, 2.75) is 0 Å². The Bertz CT molecular complexity index is 2840. The zero-order valence-electron chi connectivity index (χ0n) is 27.5. The van der Waals surface area contributed by atoms with Crippen LogP contribution in [0.5, 0.6) is 11.5 Å². The minimum absolute atomic E-state index is 0.0327. The molecule has 0 atom stereocenters. The molecular weight excluding hydrogens is 683 g/mol. The van der Waals surface area contributed by atoms with Gasteiger partial charge >= 0.3 is 0 Å². The standard InChI is InChI=1S/C45H29NO4S2/c47-35-25-37(39(29-15-3-1-4-16-29)33-23-11-17-27-13-7-9-21-31(27)33)51-44(35)40-42(49)41(43(40)50)45-36(48)26-38(52-45)46(30-19-5-2-6-20-30)34-24-12-18-28-14-8-10-22-32(28)34/h1-26,47-49H/b39-37+,44-40+. The average molecular weight is 712 g/mol. The number of hydrogen-bond donors (Lipinski definition) is 3. The van der Waals surface area contributed by atoms with Crippen molar-refractivity contribution in [1.29, 1.82) is 0 Å². The van der Waals surface area contributed by atoms with Crippen molar-refractivity contribution in [1.82, 2.24) is 0 Å². The normalized spacial score (nSPS) is 14.5. The Hall–Kier alpha value is -6.41. The number of benzene rings is 6. The van der Waals surface area contributed by atoms with Crippen LogP contribution >= 0.6 is 22.7 Å². The molecule has 0 spiro atoms. The van der Waals surface area contributed by atoms with E-state index in [2.05, 4.69) is 42.5 Å². The number of rotatable bonds is 6. The summed E-state index contributed by atoms with van der Waals surface area (Å²) in [5.41, 5.74) is 4.73. The van der Waals surface area contributed by atoms with Crippen molar-refractivity contribution in [3.8, 4) is 11.5 Å². The second-order valence-electron chi connectivity index (χ2n) is 12.5. The summed E-state index contributed by atoms with van der Waals surface area (Å²) in [6.07, 6.45) is 0. The van der Waals surface area contributed by atoms with Gasteiger partial charge in [0.25, 0.3) is 0 Å². The first kappa shape index (κ1) is 31.6. The minimum atomic E-state index is -0.437. The molecule has 0 saturated heterocycles. The maximum atomic E-state index is 14.0. The van der Waals surface area contributed by atoms with Crippen molar-refractivity contribution in [2.24, 2.45) is 0 Å². The summed E-state index contributed by atoms with van der Waals surface area (Å²) in [6, 6.07) is 51.6. The highest BCUT2D eigenvalue weighted by Crippen LogP contribution is 2.50. The second kappa shape index (κ2) is 12.7. The van der Waals surface area contributed by atoms with Crippen LogP contribution in [0.3, 0.4) is 0 Å². The van der Waals surface area contributed by atoms with Gasteiger partial charge in [0.05, 0.1) is 26.2 Å². The van der Waals surface area contributed by atoms with Gasteiger partial charge in [-0.1, -0.05) is 127 Å². The van der Waals surface area contributed by atoms with Gasteiger partial charge in [0.2, 0.25) is 5.78 Å². The summed E-state index contributed by atoms with van der Waals surface area (Å²) >= 11 is 2.48. The largest absolute Gasteiger partial charge is 0.506 e. The minimum Gasteiger partial charge on any atom is -0.506 e. The van der Waals surface area contributed by atoms with E-state index in [0.717, 1.165) is 54.2 Å². The number of aliphatic hydroxyl groups excluding tert-OH is 1. The number of allylic oxidation sites excluding steroid dienone is 2. The van der Waals surface area contributed by atoms with Gasteiger partial charge in [0.1, 0.15) is 22.3 Å². The number of carbonyl (C=O) groups excluding carboxylic acids is 1. The molecule has 0 amide bonds. The predicted octanol–water partition coefficient (Wildman–Crippen LogP) is 9.95. The van der Waals surface area contributed by atoms with Gasteiger partial charge in [-0.15, -0.1) is 22.7 Å². The first-order valence-electron chi connectivity index (χ1n) is 16.7. The molecule has 0 radical (unpaired) electrons. The summed E-state index contributed by atoms with van der Waals surface area (Å²) in [4.78, 5) is 16.3. The van der Waals surface area contributed by atoms with Gasteiger partial charge < -0.3 is 20.2 Å². The summed E-state index contributed by atoms with van der Waals surface area (Å²) in [5.74, 6) is -0.889. The zero-order valence-corrected chi connectivity index (χ0v) is 29.2. The number of nitrogens with zero attached hydrogens (tertiary/aromatic N) is 1. The Kier molecular flexibility index (Phi) is 7.73. The van der Waals surface area contributed by atoms with E-state index in [1.807, 2.05) is 108 Å². The number of Topliss-reactive ketones (excluding diaryl/α,β-unsaturated/α-hetero) is 1. The zero-order chi connectivity index (χ0) is 35.3. The highest BCUT2D eigenvalue weighted by atomic mass is 32.1. The van der Waals surface area contributed by atoms with Crippen LogP contribution in [0.4, 0.5) is 16.4 Å². The van der Waals surface area contributed by atoms with Crippen LogP contribution in [0, 0.1) is 0 Å². The molecule has 0 saturated carbocycles. The highest BCUT2D eigenvalue weighted by Gasteiger charge is 2.39. The Labute approximate surface area is 306 Å². The highest BCUT2D eigenvalue weighted by molar-refractivity contribution is 7.18. The molecule has 0 fully saturated rings. The van der Waals surface area contributed by atoms with Crippen molar-refractivity contribution in [3.63, 3.8) is 0 Å². The number of aromatic hydroxyl groups is 2. The third-order valence-corrected chi connectivity index (χ3v) is 11.7. The van der Waals surface area contributed by atoms with E-state index in [-0.39, 0.29) is 37.8 Å². The molecule has 8 aromatic rings. The molecule has 3 N–H and O–H groups in total. The summed E-state index contributed by atoms with van der Waals surface area (Å²) < 4.78 is 1.04. The Morgan fingerprint density at radius 3 is 1.90 bits per heavy atom. The number of thiophene rings is 2. The van der Waals surface area contributed by atoms with Crippen LogP contribution in [0.2, 0.25) is 0 Å². The SMILES string of the molecule is O=C1C(c2sc(N(c3ccccc3)c3cccc4ccccc34)cc2O)=C(O)/C1=c1\s/c(=C(\c2ccccc2)c2cccc3ccccc23)cc1O. The lowest BCUT2D eigenvalue weighted by atomic mass is 9.87. The van der Waals surface area contributed by atoms with Crippen molar-refractivity contribution in [3.05, 3.63) is 189 Å². The Balaban J connectivity index is 1.20. The topological polar surface area (TPSA) is 81.0 Å². The molecule has 9 rings (SSSR count). The fraction of sp³-hybridized carbons (Fsp3) is 0. The quantitative estimate of drug-likeness (QED) is 0.160. The maximum Gasteiger partial charge on any atom is 0.203 e. The first-order valence-corrected chi connectivity index (χ1v) is 18.4. The molecular formula is C45H29NO4S2. The number of para-hydroxylation sites is 1. The van der Waals surface area contributed by atoms with Crippen LogP contribution in [-0.4, -0.2) is 21.1 Å². The average Bonchev–Trinajstić information content (AvgIpc) is 3.73. The molecule has 2 heterocycles. The summed E-state index contributed by atoms with van der Waals surface area (Å²) in [7, 11) is 0. The second-order valence-corrected chi connectivity index (χ2v) is 14.6. The predicted molar refractivity (Wildman–Crippen MR) is 213 cm³/mol. The smallest absolute Gasteiger partial charge is 0.203 e. The van der Waals surface area contributed by atoms with Crippen LogP contribution in [0.15, 0.2) is 163 Å². The van der Waals surface area contributed by atoms with Crippen LogP contribution < -0.4 is 14.0 Å². The van der Waals surface area contributed by atoms with Gasteiger partial charge in [-0.05, 0) is 51.6 Å². The molecule has 6 aromatic carbocycles. The maximum absolute atomic E-state index is 14.0. The number of ketones is 1. The number of carbonyl (C=O) groups is 1. The molecule has 7 heteroatoms. The van der Waals surface area contributed by atoms with Crippen LogP contribution in [0.1, 0.15) is 16.0 Å². The molecule has 0 unspecified atom stereocenters. The lowest BCUT2D eigenvalue weighted by Gasteiger charge is -2.25. The first-order chi connectivity index (χ1) is 25.5. The van der Waals surface area contributed by atoms with Crippen molar-refractivity contribution in [2.75, 3.05) is 4.90 Å². The van der Waals surface area contributed by atoms with E-state index in [1.165, 1.54) is 22.7 Å². The summed E-state index contributed by atoms with van der Waals surface area (Å²) in [5, 5.41) is 39.1. The van der Waals surface area contributed by atoms with Gasteiger partial charge in [-0.3, -0.25) is 4.79 Å². The molecule has 0 bridgehead atoms. The lowest BCUT2D eigenvalue weighted by Crippen LogP contribution is -2.25. The number of aliphatic hydroxyl groups is 1. The Morgan fingerprint density at radius 2 is 1.17 bits per heavy atom. The third kappa shape index (κ3) is 5.18. The van der Waals surface area contributed by atoms with E-state index >= 15 is 0 Å². The van der Waals surface area contributed by atoms with Crippen LogP contribution in [-0.2, 0) is 4.79 Å².